The lowest BCUT2D eigenvalue weighted by Gasteiger charge is -2.44. The van der Waals surface area contributed by atoms with Crippen LogP contribution in [0.15, 0.2) is 11.4 Å². The summed E-state index contributed by atoms with van der Waals surface area (Å²) in [7, 11) is 0. The van der Waals surface area contributed by atoms with Crippen molar-refractivity contribution in [2.45, 2.75) is 58.5 Å². The molecule has 1 saturated heterocycles. The molecule has 1 aromatic rings. The van der Waals surface area contributed by atoms with Gasteiger partial charge in [0.15, 0.2) is 0 Å². The number of nitrogens with one attached hydrogen (secondary N) is 1. The van der Waals surface area contributed by atoms with Gasteiger partial charge in [0, 0.05) is 18.0 Å². The zero-order valence-corrected chi connectivity index (χ0v) is 16.1. The first kappa shape index (κ1) is 17.0. The molecule has 1 aromatic heterocycles. The highest BCUT2D eigenvalue weighted by Gasteiger charge is 2.56. The summed E-state index contributed by atoms with van der Waals surface area (Å²) in [6.45, 7) is 8.72. The number of fused-ring (bicyclic) bond motifs is 1. The summed E-state index contributed by atoms with van der Waals surface area (Å²) in [5, 5.41) is 5.20. The third kappa shape index (κ3) is 2.99. The smallest absolute Gasteiger partial charge is 0.323 e. The Kier molecular flexibility index (Phi) is 3.96. The van der Waals surface area contributed by atoms with Crippen LogP contribution in [-0.4, -0.2) is 40.5 Å². The normalized spacial score (nSPS) is 32.1. The van der Waals surface area contributed by atoms with E-state index in [4.69, 9.17) is 0 Å². The minimum atomic E-state index is -0.693. The highest BCUT2D eigenvalue weighted by molar-refractivity contribution is 7.10. The van der Waals surface area contributed by atoms with Crippen LogP contribution in [0.4, 0.5) is 4.79 Å². The predicted molar refractivity (Wildman–Crippen MR) is 98.2 cm³/mol. The number of imide groups is 1. The van der Waals surface area contributed by atoms with Crippen molar-refractivity contribution in [3.63, 3.8) is 0 Å². The number of nitrogens with zero attached hydrogens (tertiary/aromatic N) is 2. The van der Waals surface area contributed by atoms with Crippen molar-refractivity contribution in [3.05, 3.63) is 21.9 Å². The van der Waals surface area contributed by atoms with E-state index in [-0.39, 0.29) is 17.4 Å². The topological polar surface area (TPSA) is 52.7 Å². The van der Waals surface area contributed by atoms with E-state index >= 15 is 0 Å². The quantitative estimate of drug-likeness (QED) is 0.823. The Labute approximate surface area is 153 Å². The molecule has 5 nitrogen and oxygen atoms in total. The number of hydrogen-bond acceptors (Lipinski definition) is 4. The van der Waals surface area contributed by atoms with E-state index in [2.05, 4.69) is 42.4 Å². The molecule has 1 N–H and O–H groups in total. The molecule has 0 bridgehead atoms. The maximum atomic E-state index is 13.2. The standard InChI is InChI=1S/C19H27N3O2S/c1-13-8-18(2,3)11-19(9-13)16(23)22(17(24)20-19)12-21-6-4-15-14(10-21)5-7-25-15/h5,7,13H,4,6,8-12H2,1-3H3,(H,20,24)/t13-,19+/m1/s1. The van der Waals surface area contributed by atoms with Crippen molar-refractivity contribution in [1.29, 1.82) is 0 Å². The van der Waals surface area contributed by atoms with E-state index in [9.17, 15) is 9.59 Å². The van der Waals surface area contributed by atoms with Gasteiger partial charge in [-0.3, -0.25) is 9.69 Å². The fourth-order valence-corrected chi connectivity index (χ4v) is 6.15. The summed E-state index contributed by atoms with van der Waals surface area (Å²) in [6, 6.07) is 1.94. The Bertz CT molecular complexity index is 713. The fraction of sp³-hybridized carbons (Fsp3) is 0.684. The third-order valence-corrected chi connectivity index (χ3v) is 6.88. The molecular formula is C19H27N3O2S. The van der Waals surface area contributed by atoms with Gasteiger partial charge in [0.1, 0.15) is 5.54 Å². The average molecular weight is 362 g/mol. The summed E-state index contributed by atoms with van der Waals surface area (Å²) in [4.78, 5) is 30.9. The number of rotatable bonds is 2. The van der Waals surface area contributed by atoms with Crippen LogP contribution in [0.2, 0.25) is 0 Å². The van der Waals surface area contributed by atoms with Gasteiger partial charge >= 0.3 is 6.03 Å². The van der Waals surface area contributed by atoms with E-state index in [1.165, 1.54) is 15.3 Å². The predicted octanol–water partition coefficient (Wildman–Crippen LogP) is 3.20. The third-order valence-electron chi connectivity index (χ3n) is 5.85. The first-order valence-electron chi connectivity index (χ1n) is 9.20. The zero-order chi connectivity index (χ0) is 17.8. The second-order valence-electron chi connectivity index (χ2n) is 8.91. The summed E-state index contributed by atoms with van der Waals surface area (Å²) >= 11 is 1.80. The van der Waals surface area contributed by atoms with Crippen LogP contribution in [0.3, 0.4) is 0 Å². The average Bonchev–Trinajstić information content (AvgIpc) is 3.04. The summed E-state index contributed by atoms with van der Waals surface area (Å²) in [5.74, 6) is 0.421. The molecule has 3 aliphatic rings. The van der Waals surface area contributed by atoms with Gasteiger partial charge in [0.05, 0.1) is 6.67 Å². The van der Waals surface area contributed by atoms with Crippen LogP contribution in [0, 0.1) is 11.3 Å². The van der Waals surface area contributed by atoms with E-state index in [1.54, 1.807) is 11.3 Å². The SMILES string of the molecule is C[C@@H]1CC(C)(C)C[C@]2(C1)NC(=O)N(CN1CCc3sccc3C1)C2=O. The van der Waals surface area contributed by atoms with E-state index in [0.717, 1.165) is 38.8 Å². The Hall–Kier alpha value is -1.40. The molecule has 136 valence electrons. The van der Waals surface area contributed by atoms with Crippen LogP contribution >= 0.6 is 11.3 Å². The zero-order valence-electron chi connectivity index (χ0n) is 15.3. The fourth-order valence-electron chi connectivity index (χ4n) is 5.26. The van der Waals surface area contributed by atoms with Gasteiger partial charge in [-0.1, -0.05) is 20.8 Å². The maximum absolute atomic E-state index is 13.2. The Morgan fingerprint density at radius 3 is 2.88 bits per heavy atom. The largest absolute Gasteiger partial charge is 0.326 e. The highest BCUT2D eigenvalue weighted by atomic mass is 32.1. The van der Waals surface area contributed by atoms with Crippen LogP contribution in [0.25, 0.3) is 0 Å². The second kappa shape index (κ2) is 5.81. The number of amides is 3. The first-order valence-corrected chi connectivity index (χ1v) is 10.1. The van der Waals surface area contributed by atoms with Gasteiger partial charge in [-0.15, -0.1) is 11.3 Å². The lowest BCUT2D eigenvalue weighted by atomic mass is 9.64. The molecule has 0 unspecified atom stereocenters. The highest BCUT2D eigenvalue weighted by Crippen LogP contribution is 2.46. The molecule has 0 radical (unpaired) electrons. The minimum Gasteiger partial charge on any atom is -0.323 e. The first-order chi connectivity index (χ1) is 11.8. The number of carbonyl (C=O) groups excluding carboxylic acids is 2. The molecule has 2 aliphatic heterocycles. The summed E-state index contributed by atoms with van der Waals surface area (Å²) in [5.41, 5.74) is 0.722. The molecular weight excluding hydrogens is 334 g/mol. The van der Waals surface area contributed by atoms with Crippen LogP contribution in [0.1, 0.15) is 50.5 Å². The molecule has 4 rings (SSSR count). The van der Waals surface area contributed by atoms with E-state index in [1.807, 2.05) is 0 Å². The van der Waals surface area contributed by atoms with Crippen molar-refractivity contribution < 1.29 is 9.59 Å². The molecule has 2 atom stereocenters. The van der Waals surface area contributed by atoms with E-state index < -0.39 is 5.54 Å². The van der Waals surface area contributed by atoms with Crippen LogP contribution in [0.5, 0.6) is 0 Å². The van der Waals surface area contributed by atoms with Gasteiger partial charge in [-0.2, -0.15) is 0 Å². The van der Waals surface area contributed by atoms with Crippen LogP contribution < -0.4 is 5.32 Å². The summed E-state index contributed by atoms with van der Waals surface area (Å²) < 4.78 is 0. The molecule has 1 aliphatic carbocycles. The molecule has 3 heterocycles. The van der Waals surface area contributed by atoms with Crippen molar-refractivity contribution in [2.75, 3.05) is 13.2 Å². The van der Waals surface area contributed by atoms with Crippen molar-refractivity contribution >= 4 is 23.3 Å². The maximum Gasteiger partial charge on any atom is 0.326 e. The monoisotopic (exact) mass is 361 g/mol. The van der Waals surface area contributed by atoms with Gasteiger partial charge in [0.25, 0.3) is 5.91 Å². The molecule has 1 saturated carbocycles. The van der Waals surface area contributed by atoms with E-state index in [0.29, 0.717) is 12.6 Å². The summed E-state index contributed by atoms with van der Waals surface area (Å²) in [6.07, 6.45) is 3.60. The molecule has 1 spiro atoms. The molecule has 2 fully saturated rings. The lowest BCUT2D eigenvalue weighted by molar-refractivity contribution is -0.136. The van der Waals surface area contributed by atoms with Gasteiger partial charge in [0.2, 0.25) is 0 Å². The van der Waals surface area contributed by atoms with Gasteiger partial charge < -0.3 is 5.32 Å². The number of thiophene rings is 1. The van der Waals surface area contributed by atoms with Crippen molar-refractivity contribution in [3.8, 4) is 0 Å². The molecule has 6 heteroatoms. The Morgan fingerprint density at radius 1 is 1.32 bits per heavy atom. The number of carbonyl (C=O) groups is 2. The van der Waals surface area contributed by atoms with Crippen molar-refractivity contribution in [2.24, 2.45) is 11.3 Å². The number of hydrogen-bond donors (Lipinski definition) is 1. The Balaban J connectivity index is 1.50. The molecule has 0 aromatic carbocycles. The molecule has 3 amide bonds. The Morgan fingerprint density at radius 2 is 2.12 bits per heavy atom. The lowest BCUT2D eigenvalue weighted by Crippen LogP contribution is -2.54. The second-order valence-corrected chi connectivity index (χ2v) is 9.91. The molecule has 25 heavy (non-hydrogen) atoms. The van der Waals surface area contributed by atoms with Crippen LogP contribution in [-0.2, 0) is 17.8 Å². The van der Waals surface area contributed by atoms with Crippen molar-refractivity contribution in [1.82, 2.24) is 15.1 Å². The van der Waals surface area contributed by atoms with Gasteiger partial charge in [-0.05, 0) is 54.0 Å². The number of urea groups is 1. The minimum absolute atomic E-state index is 0.0201. The van der Waals surface area contributed by atoms with Gasteiger partial charge in [-0.25, -0.2) is 9.69 Å².